The summed E-state index contributed by atoms with van der Waals surface area (Å²) >= 11 is 4.85. The van der Waals surface area contributed by atoms with Crippen LogP contribution >= 0.6 is 34.9 Å². The fourth-order valence-corrected chi connectivity index (χ4v) is 4.70. The summed E-state index contributed by atoms with van der Waals surface area (Å²) in [5, 5.41) is 11.0. The van der Waals surface area contributed by atoms with Crippen LogP contribution in [0.25, 0.3) is 10.2 Å². The van der Waals surface area contributed by atoms with E-state index in [4.69, 9.17) is 0 Å². The number of thioether (sulfide) groups is 2. The predicted molar refractivity (Wildman–Crippen MR) is 87.5 cm³/mol. The second-order valence-corrected chi connectivity index (χ2v) is 7.60. The van der Waals surface area contributed by atoms with Gasteiger partial charge in [-0.3, -0.25) is 0 Å². The van der Waals surface area contributed by atoms with E-state index in [0.717, 1.165) is 44.5 Å². The third-order valence-electron chi connectivity index (χ3n) is 2.76. The number of carboxylic acid groups (broad SMARTS) is 1. The molecule has 108 valence electrons. The number of carbonyl (C=O) groups is 1. The van der Waals surface area contributed by atoms with Crippen molar-refractivity contribution in [2.45, 2.75) is 25.3 Å². The lowest BCUT2D eigenvalue weighted by Crippen LogP contribution is -1.94. The third kappa shape index (κ3) is 3.45. The quantitative estimate of drug-likeness (QED) is 0.472. The molecule has 7 heteroatoms. The maximum atomic E-state index is 11.2. The molecule has 0 fully saturated rings. The van der Waals surface area contributed by atoms with Crippen molar-refractivity contribution in [1.29, 1.82) is 0 Å². The van der Waals surface area contributed by atoms with Crippen molar-refractivity contribution in [2.24, 2.45) is 0 Å². The normalized spacial score (nSPS) is 11.1. The van der Waals surface area contributed by atoms with Gasteiger partial charge in [0.1, 0.15) is 21.1 Å². The molecule has 0 saturated heterocycles. The molecule has 0 saturated carbocycles. The van der Waals surface area contributed by atoms with Gasteiger partial charge in [-0.05, 0) is 30.4 Å². The van der Waals surface area contributed by atoms with Crippen LogP contribution < -0.4 is 0 Å². The molecule has 2 aromatic rings. The van der Waals surface area contributed by atoms with Crippen LogP contribution in [-0.2, 0) is 0 Å². The van der Waals surface area contributed by atoms with Crippen LogP contribution in [0.5, 0.6) is 0 Å². The molecule has 0 unspecified atom stereocenters. The second-order valence-electron chi connectivity index (χ2n) is 4.12. The van der Waals surface area contributed by atoms with Crippen molar-refractivity contribution >= 4 is 51.0 Å². The maximum Gasteiger partial charge on any atom is 0.346 e. The number of hydrogen-bond donors (Lipinski definition) is 1. The number of aromatic carboxylic acids is 1. The number of fused-ring (bicyclic) bond motifs is 1. The predicted octanol–water partition coefficient (Wildman–Crippen LogP) is 3.93. The molecular formula is C13H16N2O2S3. The summed E-state index contributed by atoms with van der Waals surface area (Å²) in [6, 6.07) is 0. The van der Waals surface area contributed by atoms with E-state index in [2.05, 4.69) is 16.9 Å². The summed E-state index contributed by atoms with van der Waals surface area (Å²) in [7, 11) is 0. The molecule has 0 aliphatic carbocycles. The monoisotopic (exact) mass is 328 g/mol. The van der Waals surface area contributed by atoms with Crippen molar-refractivity contribution in [1.82, 2.24) is 9.97 Å². The van der Waals surface area contributed by atoms with Crippen molar-refractivity contribution in [3.63, 3.8) is 0 Å². The van der Waals surface area contributed by atoms with E-state index < -0.39 is 5.97 Å². The highest BCUT2D eigenvalue weighted by Gasteiger charge is 2.18. The Morgan fingerprint density at radius 1 is 1.40 bits per heavy atom. The minimum Gasteiger partial charge on any atom is -0.477 e. The second kappa shape index (κ2) is 7.28. The summed E-state index contributed by atoms with van der Waals surface area (Å²) < 4.78 is 0. The van der Waals surface area contributed by atoms with Gasteiger partial charge >= 0.3 is 5.97 Å². The van der Waals surface area contributed by atoms with Crippen LogP contribution in [0.4, 0.5) is 0 Å². The molecule has 2 heterocycles. The van der Waals surface area contributed by atoms with Gasteiger partial charge in [0, 0.05) is 11.1 Å². The summed E-state index contributed by atoms with van der Waals surface area (Å²) in [6.45, 7) is 4.00. The lowest BCUT2D eigenvalue weighted by atomic mass is 10.2. The van der Waals surface area contributed by atoms with Gasteiger partial charge in [0.2, 0.25) is 0 Å². The van der Waals surface area contributed by atoms with E-state index in [9.17, 15) is 9.90 Å². The number of carboxylic acids is 1. The summed E-state index contributed by atoms with van der Waals surface area (Å²) in [4.78, 5) is 20.8. The molecular weight excluding hydrogens is 312 g/mol. The first-order valence-corrected chi connectivity index (χ1v) is 9.28. The van der Waals surface area contributed by atoms with Crippen molar-refractivity contribution < 1.29 is 9.90 Å². The highest BCUT2D eigenvalue weighted by atomic mass is 32.2. The van der Waals surface area contributed by atoms with E-state index in [1.165, 1.54) is 17.7 Å². The number of rotatable bonds is 7. The van der Waals surface area contributed by atoms with Crippen LogP contribution in [0.3, 0.4) is 0 Å². The van der Waals surface area contributed by atoms with E-state index in [1.54, 1.807) is 11.8 Å². The first-order chi connectivity index (χ1) is 9.65. The van der Waals surface area contributed by atoms with E-state index >= 15 is 0 Å². The molecule has 0 aliphatic heterocycles. The molecule has 2 rings (SSSR count). The molecule has 0 spiro atoms. The minimum atomic E-state index is -0.888. The number of thiophene rings is 1. The molecule has 1 N–H and O–H groups in total. The zero-order chi connectivity index (χ0) is 14.5. The maximum absolute atomic E-state index is 11.2. The van der Waals surface area contributed by atoms with E-state index in [-0.39, 0.29) is 0 Å². The van der Waals surface area contributed by atoms with Gasteiger partial charge in [-0.2, -0.15) is 11.8 Å². The van der Waals surface area contributed by atoms with Gasteiger partial charge in [-0.15, -0.1) is 23.1 Å². The van der Waals surface area contributed by atoms with Gasteiger partial charge in [-0.1, -0.05) is 6.92 Å². The van der Waals surface area contributed by atoms with E-state index in [0.29, 0.717) is 4.88 Å². The molecule has 0 bridgehead atoms. The summed E-state index contributed by atoms with van der Waals surface area (Å²) in [5.74, 6) is 2.41. The Kier molecular flexibility index (Phi) is 5.68. The number of hydrogen-bond acceptors (Lipinski definition) is 6. The average molecular weight is 328 g/mol. The van der Waals surface area contributed by atoms with Crippen molar-refractivity contribution in [3.05, 3.63) is 16.8 Å². The zero-order valence-corrected chi connectivity index (χ0v) is 13.8. The minimum absolute atomic E-state index is 0.365. The molecule has 0 radical (unpaired) electrons. The zero-order valence-electron chi connectivity index (χ0n) is 11.4. The van der Waals surface area contributed by atoms with Crippen LogP contribution in [0.2, 0.25) is 0 Å². The lowest BCUT2D eigenvalue weighted by molar-refractivity contribution is 0.0701. The third-order valence-corrected chi connectivity index (χ3v) is 6.01. The fourth-order valence-electron chi connectivity index (χ4n) is 1.83. The van der Waals surface area contributed by atoms with Crippen LogP contribution in [-0.4, -0.2) is 38.3 Å². The highest BCUT2D eigenvalue weighted by molar-refractivity contribution is 8.00. The Hall–Kier alpha value is -0.790. The number of aryl methyl sites for hydroxylation is 1. The highest BCUT2D eigenvalue weighted by Crippen LogP contribution is 2.35. The van der Waals surface area contributed by atoms with Gasteiger partial charge in [0.15, 0.2) is 0 Å². The van der Waals surface area contributed by atoms with Crippen LogP contribution in [0, 0.1) is 6.92 Å². The Labute approximate surface area is 130 Å². The summed E-state index contributed by atoms with van der Waals surface area (Å²) in [5.41, 5.74) is 0.781. The lowest BCUT2D eigenvalue weighted by Gasteiger charge is -2.03. The molecule has 20 heavy (non-hydrogen) atoms. The van der Waals surface area contributed by atoms with Gasteiger partial charge < -0.3 is 5.11 Å². The Morgan fingerprint density at radius 3 is 2.90 bits per heavy atom. The smallest absolute Gasteiger partial charge is 0.346 e. The summed E-state index contributed by atoms with van der Waals surface area (Å²) in [6.07, 6.45) is 2.65. The standard InChI is InChI=1S/C13H16N2O2S3/c1-3-18-5-4-6-19-11-9-8(2)10(13(16)17)20-12(9)15-7-14-11/h7H,3-6H2,1-2H3,(H,16,17). The largest absolute Gasteiger partial charge is 0.477 e. The molecule has 0 atom stereocenters. The van der Waals surface area contributed by atoms with Gasteiger partial charge in [0.25, 0.3) is 0 Å². The Balaban J connectivity index is 2.19. The Bertz CT molecular complexity index is 613. The van der Waals surface area contributed by atoms with Crippen molar-refractivity contribution in [3.8, 4) is 0 Å². The molecule has 4 nitrogen and oxygen atoms in total. The topological polar surface area (TPSA) is 63.1 Å². The van der Waals surface area contributed by atoms with Gasteiger partial charge in [0.05, 0.1) is 0 Å². The van der Waals surface area contributed by atoms with Crippen LogP contribution in [0.15, 0.2) is 11.4 Å². The number of nitrogens with zero attached hydrogens (tertiary/aromatic N) is 2. The first kappa shape index (κ1) is 15.6. The molecule has 0 amide bonds. The molecule has 0 aliphatic rings. The molecule has 0 aromatic carbocycles. The Morgan fingerprint density at radius 2 is 2.20 bits per heavy atom. The average Bonchev–Trinajstić information content (AvgIpc) is 2.77. The van der Waals surface area contributed by atoms with Crippen LogP contribution in [0.1, 0.15) is 28.6 Å². The SMILES string of the molecule is CCSCCCSc1ncnc2sc(C(=O)O)c(C)c12. The fraction of sp³-hybridized carbons (Fsp3) is 0.462. The first-order valence-electron chi connectivity index (χ1n) is 6.33. The van der Waals surface area contributed by atoms with Gasteiger partial charge in [-0.25, -0.2) is 14.8 Å². The van der Waals surface area contributed by atoms with Crippen molar-refractivity contribution in [2.75, 3.05) is 17.3 Å². The van der Waals surface area contributed by atoms with E-state index in [1.807, 2.05) is 18.7 Å². The molecule has 2 aromatic heterocycles. The number of aromatic nitrogens is 2.